The molecule has 4 nitrogen and oxygen atoms in total. The fourth-order valence-corrected chi connectivity index (χ4v) is 2.07. The number of benzene rings is 2. The van der Waals surface area contributed by atoms with Crippen molar-refractivity contribution >= 4 is 16.8 Å². The summed E-state index contributed by atoms with van der Waals surface area (Å²) in [5.41, 5.74) is 2.62. The SMILES string of the molecule is Cc1nc2cc(C(=O)c3ccccc3)ccc2[nH]c1=O. The standard InChI is InChI=1S/C16H12N2O2/c1-10-16(20)18-13-8-7-12(9-14(13)17-10)15(19)11-5-3-2-4-6-11/h2-9H,1H3,(H,18,20). The Labute approximate surface area is 115 Å². The number of nitrogens with one attached hydrogen (secondary N) is 1. The van der Waals surface area contributed by atoms with Gasteiger partial charge in [-0.3, -0.25) is 9.59 Å². The molecule has 0 aliphatic heterocycles. The predicted molar refractivity (Wildman–Crippen MR) is 77.0 cm³/mol. The molecule has 0 radical (unpaired) electrons. The van der Waals surface area contributed by atoms with E-state index in [-0.39, 0.29) is 11.3 Å². The van der Waals surface area contributed by atoms with E-state index in [1.54, 1.807) is 37.3 Å². The normalized spacial score (nSPS) is 10.7. The molecule has 1 N–H and O–H groups in total. The molecule has 0 aliphatic rings. The van der Waals surface area contributed by atoms with Crippen molar-refractivity contribution < 1.29 is 4.79 Å². The van der Waals surface area contributed by atoms with E-state index in [1.807, 2.05) is 18.2 Å². The van der Waals surface area contributed by atoms with Crippen LogP contribution in [0, 0.1) is 6.92 Å². The van der Waals surface area contributed by atoms with Crippen LogP contribution in [0.3, 0.4) is 0 Å². The van der Waals surface area contributed by atoms with Gasteiger partial charge >= 0.3 is 0 Å². The molecule has 3 aromatic rings. The molecule has 0 amide bonds. The van der Waals surface area contributed by atoms with E-state index in [0.717, 1.165) is 0 Å². The quantitative estimate of drug-likeness (QED) is 0.723. The molecule has 0 spiro atoms. The molecular weight excluding hydrogens is 252 g/mol. The monoisotopic (exact) mass is 264 g/mol. The van der Waals surface area contributed by atoms with Crippen LogP contribution in [0.25, 0.3) is 11.0 Å². The Bertz CT molecular complexity index is 851. The lowest BCUT2D eigenvalue weighted by molar-refractivity contribution is 0.103. The van der Waals surface area contributed by atoms with Gasteiger partial charge in [0.25, 0.3) is 5.56 Å². The summed E-state index contributed by atoms with van der Waals surface area (Å²) in [6, 6.07) is 14.2. The van der Waals surface area contributed by atoms with Gasteiger partial charge in [-0.05, 0) is 25.1 Å². The predicted octanol–water partition coefficient (Wildman–Crippen LogP) is 2.46. The lowest BCUT2D eigenvalue weighted by Gasteiger charge is -2.03. The summed E-state index contributed by atoms with van der Waals surface area (Å²) in [4.78, 5) is 30.8. The number of carbonyl (C=O) groups is 1. The molecule has 0 aliphatic carbocycles. The Balaban J connectivity index is 2.12. The fraction of sp³-hybridized carbons (Fsp3) is 0.0625. The molecule has 1 heterocycles. The molecule has 0 atom stereocenters. The van der Waals surface area contributed by atoms with Gasteiger partial charge in [0.2, 0.25) is 0 Å². The summed E-state index contributed by atoms with van der Waals surface area (Å²) in [6.07, 6.45) is 0. The maximum atomic E-state index is 12.3. The van der Waals surface area contributed by atoms with Gasteiger partial charge in [-0.25, -0.2) is 4.98 Å². The molecule has 98 valence electrons. The number of rotatable bonds is 2. The van der Waals surface area contributed by atoms with Gasteiger partial charge in [-0.2, -0.15) is 0 Å². The van der Waals surface area contributed by atoms with Gasteiger partial charge in [0.05, 0.1) is 11.0 Å². The number of hydrogen-bond donors (Lipinski definition) is 1. The van der Waals surface area contributed by atoms with E-state index >= 15 is 0 Å². The zero-order chi connectivity index (χ0) is 14.1. The van der Waals surface area contributed by atoms with Crippen molar-refractivity contribution in [3.63, 3.8) is 0 Å². The van der Waals surface area contributed by atoms with Crippen molar-refractivity contribution in [3.05, 3.63) is 75.7 Å². The molecule has 2 aromatic carbocycles. The number of aryl methyl sites for hydroxylation is 1. The number of carbonyl (C=O) groups excluding carboxylic acids is 1. The first-order valence-electron chi connectivity index (χ1n) is 6.25. The van der Waals surface area contributed by atoms with E-state index < -0.39 is 0 Å². The lowest BCUT2D eigenvalue weighted by Crippen LogP contribution is -2.12. The summed E-state index contributed by atoms with van der Waals surface area (Å²) < 4.78 is 0. The average molecular weight is 264 g/mol. The Morgan fingerprint density at radius 2 is 1.80 bits per heavy atom. The molecule has 0 saturated carbocycles. The first-order chi connectivity index (χ1) is 9.65. The van der Waals surface area contributed by atoms with Crippen LogP contribution < -0.4 is 5.56 Å². The molecule has 4 heteroatoms. The van der Waals surface area contributed by atoms with Crippen LogP contribution in [0.2, 0.25) is 0 Å². The third-order valence-corrected chi connectivity index (χ3v) is 3.16. The van der Waals surface area contributed by atoms with Crippen molar-refractivity contribution in [2.75, 3.05) is 0 Å². The topological polar surface area (TPSA) is 62.8 Å². The third-order valence-electron chi connectivity index (χ3n) is 3.16. The maximum absolute atomic E-state index is 12.3. The minimum atomic E-state index is -0.209. The zero-order valence-electron chi connectivity index (χ0n) is 10.9. The van der Waals surface area contributed by atoms with Crippen molar-refractivity contribution in [1.82, 2.24) is 9.97 Å². The maximum Gasteiger partial charge on any atom is 0.269 e. The third kappa shape index (κ3) is 2.12. The molecule has 0 fully saturated rings. The van der Waals surface area contributed by atoms with E-state index in [4.69, 9.17) is 0 Å². The van der Waals surface area contributed by atoms with Gasteiger partial charge in [0, 0.05) is 11.1 Å². The van der Waals surface area contributed by atoms with Gasteiger partial charge in [0.1, 0.15) is 5.69 Å². The van der Waals surface area contributed by atoms with E-state index in [0.29, 0.717) is 27.9 Å². The van der Waals surface area contributed by atoms with Crippen LogP contribution in [0.15, 0.2) is 53.3 Å². The zero-order valence-corrected chi connectivity index (χ0v) is 10.9. The highest BCUT2D eigenvalue weighted by molar-refractivity contribution is 6.10. The molecule has 3 rings (SSSR count). The van der Waals surface area contributed by atoms with Gasteiger partial charge in [0.15, 0.2) is 5.78 Å². The first kappa shape index (κ1) is 12.3. The lowest BCUT2D eigenvalue weighted by atomic mass is 10.0. The number of hydrogen-bond acceptors (Lipinski definition) is 3. The smallest absolute Gasteiger partial charge is 0.269 e. The van der Waals surface area contributed by atoms with Crippen molar-refractivity contribution in [1.29, 1.82) is 0 Å². The minimum absolute atomic E-state index is 0.0573. The second-order valence-electron chi connectivity index (χ2n) is 4.58. The summed E-state index contributed by atoms with van der Waals surface area (Å²) in [6.45, 7) is 1.64. The van der Waals surface area contributed by atoms with Crippen LogP contribution in [0.1, 0.15) is 21.6 Å². The molecular formula is C16H12N2O2. The van der Waals surface area contributed by atoms with Gasteiger partial charge < -0.3 is 4.98 Å². The van der Waals surface area contributed by atoms with E-state index in [2.05, 4.69) is 9.97 Å². The highest BCUT2D eigenvalue weighted by Gasteiger charge is 2.10. The minimum Gasteiger partial charge on any atom is -0.319 e. The highest BCUT2D eigenvalue weighted by atomic mass is 16.1. The van der Waals surface area contributed by atoms with Crippen molar-refractivity contribution in [2.24, 2.45) is 0 Å². The number of aromatic amines is 1. The average Bonchev–Trinajstić information content (AvgIpc) is 2.48. The second kappa shape index (κ2) is 4.74. The highest BCUT2D eigenvalue weighted by Crippen LogP contribution is 2.14. The summed E-state index contributed by atoms with van der Waals surface area (Å²) >= 11 is 0. The van der Waals surface area contributed by atoms with Crippen LogP contribution in [0.5, 0.6) is 0 Å². The summed E-state index contributed by atoms with van der Waals surface area (Å²) in [5, 5.41) is 0. The van der Waals surface area contributed by atoms with Gasteiger partial charge in [-0.15, -0.1) is 0 Å². The summed E-state index contributed by atoms with van der Waals surface area (Å²) in [7, 11) is 0. The second-order valence-corrected chi connectivity index (χ2v) is 4.58. The summed E-state index contributed by atoms with van der Waals surface area (Å²) in [5.74, 6) is -0.0573. The molecule has 1 aromatic heterocycles. The largest absolute Gasteiger partial charge is 0.319 e. The Hall–Kier alpha value is -2.75. The van der Waals surface area contributed by atoms with Crippen LogP contribution >= 0.6 is 0 Å². The van der Waals surface area contributed by atoms with E-state index in [1.165, 1.54) is 0 Å². The Morgan fingerprint density at radius 3 is 2.55 bits per heavy atom. The molecule has 0 unspecified atom stereocenters. The molecule has 20 heavy (non-hydrogen) atoms. The van der Waals surface area contributed by atoms with Crippen molar-refractivity contribution in [3.8, 4) is 0 Å². The Morgan fingerprint density at radius 1 is 1.05 bits per heavy atom. The number of ketones is 1. The number of nitrogens with zero attached hydrogens (tertiary/aromatic N) is 1. The van der Waals surface area contributed by atoms with Gasteiger partial charge in [-0.1, -0.05) is 30.3 Å². The van der Waals surface area contributed by atoms with Crippen LogP contribution in [0.4, 0.5) is 0 Å². The number of aromatic nitrogens is 2. The molecule has 0 saturated heterocycles. The fourth-order valence-electron chi connectivity index (χ4n) is 2.07. The van der Waals surface area contributed by atoms with Crippen LogP contribution in [-0.2, 0) is 0 Å². The number of fused-ring (bicyclic) bond motifs is 1. The first-order valence-corrected chi connectivity index (χ1v) is 6.25. The Kier molecular flexibility index (Phi) is 2.91. The van der Waals surface area contributed by atoms with Crippen molar-refractivity contribution in [2.45, 2.75) is 6.92 Å². The number of H-pyrrole nitrogens is 1. The van der Waals surface area contributed by atoms with Crippen LogP contribution in [-0.4, -0.2) is 15.8 Å². The van der Waals surface area contributed by atoms with E-state index in [9.17, 15) is 9.59 Å². The molecule has 0 bridgehead atoms.